The smallest absolute Gasteiger partial charge is 0.256 e. The molecule has 0 atom stereocenters. The molecule has 0 spiro atoms. The van der Waals surface area contributed by atoms with Crippen LogP contribution in [0.5, 0.6) is 0 Å². The minimum absolute atomic E-state index is 0.247. The Bertz CT molecular complexity index is 1790. The Morgan fingerprint density at radius 2 is 0.950 bits per heavy atom. The van der Waals surface area contributed by atoms with Crippen LogP contribution in [0.3, 0.4) is 0 Å². The maximum atomic E-state index is 13.5. The van der Waals surface area contributed by atoms with Crippen LogP contribution in [0.2, 0.25) is 0 Å². The van der Waals surface area contributed by atoms with Crippen molar-refractivity contribution in [2.24, 2.45) is 0 Å². The van der Waals surface area contributed by atoms with Crippen LogP contribution >= 0.6 is 0 Å². The minimum Gasteiger partial charge on any atom is -0.322 e. The van der Waals surface area contributed by atoms with E-state index < -0.39 is 0 Å². The number of benzene rings is 4. The van der Waals surface area contributed by atoms with Crippen molar-refractivity contribution in [3.8, 4) is 11.4 Å². The van der Waals surface area contributed by atoms with E-state index in [1.165, 1.54) is 0 Å². The van der Waals surface area contributed by atoms with Gasteiger partial charge in [-0.2, -0.15) is 0 Å². The van der Waals surface area contributed by atoms with Crippen LogP contribution in [0.25, 0.3) is 33.2 Å². The predicted molar refractivity (Wildman–Crippen MR) is 161 cm³/mol. The molecule has 6 heteroatoms. The molecule has 0 aliphatic rings. The summed E-state index contributed by atoms with van der Waals surface area (Å²) in [6.07, 6.45) is 0. The van der Waals surface area contributed by atoms with Crippen molar-refractivity contribution < 1.29 is 9.59 Å². The van der Waals surface area contributed by atoms with Gasteiger partial charge in [0.15, 0.2) is 0 Å². The first kappa shape index (κ1) is 24.9. The van der Waals surface area contributed by atoms with E-state index in [0.29, 0.717) is 44.9 Å². The zero-order chi connectivity index (χ0) is 27.6. The van der Waals surface area contributed by atoms with E-state index in [0.717, 1.165) is 21.9 Å². The number of aromatic nitrogens is 2. The first-order valence-electron chi connectivity index (χ1n) is 13.0. The van der Waals surface area contributed by atoms with Gasteiger partial charge in [0.2, 0.25) is 0 Å². The summed E-state index contributed by atoms with van der Waals surface area (Å²) in [5.74, 6) is -0.493. The van der Waals surface area contributed by atoms with Crippen LogP contribution in [-0.4, -0.2) is 21.8 Å². The third-order valence-corrected chi connectivity index (χ3v) is 6.74. The van der Waals surface area contributed by atoms with Gasteiger partial charge >= 0.3 is 0 Å². The maximum absolute atomic E-state index is 13.5. The fraction of sp³-hybridized carbons (Fsp3) is 0.0588. The molecule has 2 heterocycles. The average molecular weight is 523 g/mol. The largest absolute Gasteiger partial charge is 0.322 e. The first-order chi connectivity index (χ1) is 19.4. The molecule has 194 valence electrons. The quantitative estimate of drug-likeness (QED) is 0.245. The molecule has 0 unspecified atom stereocenters. The number of hydrogen-bond donors (Lipinski definition) is 2. The second-order valence-corrected chi connectivity index (χ2v) is 9.79. The van der Waals surface area contributed by atoms with Gasteiger partial charge < -0.3 is 10.6 Å². The summed E-state index contributed by atoms with van der Waals surface area (Å²) in [4.78, 5) is 36.7. The summed E-state index contributed by atoms with van der Waals surface area (Å²) in [6.45, 7) is 3.96. The molecule has 2 amide bonds. The molecule has 0 aliphatic carbocycles. The predicted octanol–water partition coefficient (Wildman–Crippen LogP) is 7.57. The van der Waals surface area contributed by atoms with Gasteiger partial charge in [-0.05, 0) is 73.5 Å². The van der Waals surface area contributed by atoms with Crippen molar-refractivity contribution in [2.45, 2.75) is 13.8 Å². The molecule has 2 N–H and O–H groups in total. The first-order valence-corrected chi connectivity index (χ1v) is 13.0. The van der Waals surface area contributed by atoms with E-state index in [9.17, 15) is 9.59 Å². The number of pyridine rings is 2. The summed E-state index contributed by atoms with van der Waals surface area (Å²) in [5.41, 5.74) is 6.81. The van der Waals surface area contributed by atoms with E-state index in [1.54, 1.807) is 12.1 Å². The molecule has 0 fully saturated rings. The zero-order valence-electron chi connectivity index (χ0n) is 22.1. The molecule has 0 bridgehead atoms. The molecular formula is C34H26N4O2. The highest BCUT2D eigenvalue weighted by atomic mass is 16.2. The number of para-hydroxylation sites is 2. The minimum atomic E-state index is -0.247. The van der Waals surface area contributed by atoms with Gasteiger partial charge in [0, 0.05) is 22.1 Å². The highest BCUT2D eigenvalue weighted by molar-refractivity contribution is 6.14. The molecule has 0 aliphatic heterocycles. The monoisotopic (exact) mass is 522 g/mol. The Hall–Kier alpha value is -5.36. The van der Waals surface area contributed by atoms with Crippen LogP contribution in [0.15, 0.2) is 109 Å². The van der Waals surface area contributed by atoms with Crippen molar-refractivity contribution in [1.82, 2.24) is 9.97 Å². The topological polar surface area (TPSA) is 84.0 Å². The number of carbonyl (C=O) groups excluding carboxylic acids is 2. The van der Waals surface area contributed by atoms with E-state index >= 15 is 0 Å². The Morgan fingerprint density at radius 3 is 1.38 bits per heavy atom. The van der Waals surface area contributed by atoms with E-state index in [-0.39, 0.29) is 11.8 Å². The normalized spacial score (nSPS) is 10.9. The number of anilines is 2. The lowest BCUT2D eigenvalue weighted by atomic mass is 10.0. The van der Waals surface area contributed by atoms with Gasteiger partial charge in [0.05, 0.1) is 33.5 Å². The summed E-state index contributed by atoms with van der Waals surface area (Å²) >= 11 is 0. The number of nitrogens with zero attached hydrogens (tertiary/aromatic N) is 2. The summed E-state index contributed by atoms with van der Waals surface area (Å²) in [7, 11) is 0. The fourth-order valence-corrected chi connectivity index (χ4v) is 4.83. The molecule has 6 nitrogen and oxygen atoms in total. The van der Waals surface area contributed by atoms with Gasteiger partial charge in [-0.3, -0.25) is 9.59 Å². The standard InChI is InChI=1S/C34H26N4O2/c1-21-9-7-11-23(17-21)35-33(39)27-19-31(37-29-15-5-3-13-25(27)29)32-20-28(26-14-4-6-16-30(26)38-32)34(40)36-24-12-8-10-22(2)18-24/h3-20H,1-2H3,(H,35,39)(H,36,40). The highest BCUT2D eigenvalue weighted by Crippen LogP contribution is 2.29. The van der Waals surface area contributed by atoms with Gasteiger partial charge in [-0.15, -0.1) is 0 Å². The summed E-state index contributed by atoms with van der Waals surface area (Å²) in [6, 6.07) is 33.9. The van der Waals surface area contributed by atoms with Gasteiger partial charge in [-0.25, -0.2) is 9.97 Å². The van der Waals surface area contributed by atoms with Crippen molar-refractivity contribution in [2.75, 3.05) is 10.6 Å². The molecule has 6 aromatic rings. The second-order valence-electron chi connectivity index (χ2n) is 9.79. The molecule has 4 aromatic carbocycles. The summed E-state index contributed by atoms with van der Waals surface area (Å²) in [5, 5.41) is 7.48. The van der Waals surface area contributed by atoms with Crippen LogP contribution in [0.4, 0.5) is 11.4 Å². The average Bonchev–Trinajstić information content (AvgIpc) is 2.96. The van der Waals surface area contributed by atoms with Crippen LogP contribution in [0.1, 0.15) is 31.8 Å². The van der Waals surface area contributed by atoms with E-state index in [4.69, 9.17) is 9.97 Å². The van der Waals surface area contributed by atoms with Crippen molar-refractivity contribution >= 4 is 45.0 Å². The molecule has 40 heavy (non-hydrogen) atoms. The number of nitrogens with one attached hydrogen (secondary N) is 2. The van der Waals surface area contributed by atoms with Gasteiger partial charge in [0.1, 0.15) is 0 Å². The van der Waals surface area contributed by atoms with Gasteiger partial charge in [0.25, 0.3) is 11.8 Å². The maximum Gasteiger partial charge on any atom is 0.256 e. The number of hydrogen-bond acceptors (Lipinski definition) is 4. The van der Waals surface area contributed by atoms with Crippen LogP contribution in [-0.2, 0) is 0 Å². The Kier molecular flexibility index (Phi) is 6.50. The molecule has 0 saturated heterocycles. The number of carbonyl (C=O) groups is 2. The molecule has 0 saturated carbocycles. The number of amides is 2. The van der Waals surface area contributed by atoms with E-state index in [2.05, 4.69) is 10.6 Å². The zero-order valence-corrected chi connectivity index (χ0v) is 22.1. The van der Waals surface area contributed by atoms with Crippen molar-refractivity contribution in [1.29, 1.82) is 0 Å². The number of fused-ring (bicyclic) bond motifs is 2. The fourth-order valence-electron chi connectivity index (χ4n) is 4.83. The Morgan fingerprint density at radius 1 is 0.525 bits per heavy atom. The SMILES string of the molecule is Cc1cccc(NC(=O)c2cc(-c3cc(C(=O)Nc4cccc(C)c4)c4ccccc4n3)nc3ccccc23)c1. The lowest BCUT2D eigenvalue weighted by Gasteiger charge is -2.13. The Balaban J connectivity index is 1.46. The van der Waals surface area contributed by atoms with Gasteiger partial charge in [-0.1, -0.05) is 60.7 Å². The lowest BCUT2D eigenvalue weighted by Crippen LogP contribution is -2.14. The van der Waals surface area contributed by atoms with Crippen molar-refractivity contribution in [3.05, 3.63) is 131 Å². The van der Waals surface area contributed by atoms with E-state index in [1.807, 2.05) is 111 Å². The number of aryl methyl sites for hydroxylation is 2. The Labute approximate surface area is 231 Å². The second kappa shape index (κ2) is 10.4. The molecule has 2 aromatic heterocycles. The number of rotatable bonds is 5. The lowest BCUT2D eigenvalue weighted by molar-refractivity contribution is 0.102. The van der Waals surface area contributed by atoms with Crippen LogP contribution < -0.4 is 10.6 Å². The molecular weight excluding hydrogens is 496 g/mol. The third kappa shape index (κ3) is 5.02. The molecule has 6 rings (SSSR count). The highest BCUT2D eigenvalue weighted by Gasteiger charge is 2.18. The third-order valence-electron chi connectivity index (χ3n) is 6.74. The summed E-state index contributed by atoms with van der Waals surface area (Å²) < 4.78 is 0. The van der Waals surface area contributed by atoms with Crippen LogP contribution in [0, 0.1) is 13.8 Å². The van der Waals surface area contributed by atoms with Crippen molar-refractivity contribution in [3.63, 3.8) is 0 Å². The molecule has 0 radical (unpaired) electrons.